The number of anilines is 1. The lowest BCUT2D eigenvalue weighted by molar-refractivity contribution is 0.0991. The van der Waals surface area contributed by atoms with Crippen molar-refractivity contribution in [3.63, 3.8) is 0 Å². The van der Waals surface area contributed by atoms with Crippen molar-refractivity contribution in [3.05, 3.63) is 53.6 Å². The number of methoxy groups -OCH3 is 1. The molecule has 0 saturated carbocycles. The third kappa shape index (κ3) is 4.72. The maximum absolute atomic E-state index is 12.2. The van der Waals surface area contributed by atoms with Gasteiger partial charge in [-0.05, 0) is 42.8 Å². The van der Waals surface area contributed by atoms with Crippen LogP contribution >= 0.6 is 0 Å². The molecule has 0 aromatic heterocycles. The Labute approximate surface area is 136 Å². The van der Waals surface area contributed by atoms with E-state index in [1.54, 1.807) is 25.3 Å². The van der Waals surface area contributed by atoms with Gasteiger partial charge in [-0.2, -0.15) is 0 Å². The molecule has 0 aliphatic rings. The summed E-state index contributed by atoms with van der Waals surface area (Å²) in [4.78, 5) is 12.2. The first-order valence-electron chi connectivity index (χ1n) is 7.53. The highest BCUT2D eigenvalue weighted by Gasteiger charge is 2.08. The van der Waals surface area contributed by atoms with E-state index in [2.05, 4.69) is 5.32 Å². The first-order valence-corrected chi connectivity index (χ1v) is 7.53. The van der Waals surface area contributed by atoms with Crippen LogP contribution in [0.1, 0.15) is 22.8 Å². The van der Waals surface area contributed by atoms with E-state index in [1.807, 2.05) is 31.2 Å². The molecule has 0 aliphatic carbocycles. The first kappa shape index (κ1) is 16.8. The smallest absolute Gasteiger partial charge is 0.176 e. The molecule has 122 valence electrons. The van der Waals surface area contributed by atoms with E-state index >= 15 is 0 Å². The molecule has 0 radical (unpaired) electrons. The van der Waals surface area contributed by atoms with Gasteiger partial charge in [-0.3, -0.25) is 4.79 Å². The van der Waals surface area contributed by atoms with Crippen molar-refractivity contribution >= 4 is 11.5 Å². The monoisotopic (exact) mass is 314 g/mol. The summed E-state index contributed by atoms with van der Waals surface area (Å²) >= 11 is 0. The third-order valence-electron chi connectivity index (χ3n) is 3.41. The number of hydrogen-bond acceptors (Lipinski definition) is 5. The summed E-state index contributed by atoms with van der Waals surface area (Å²) in [5.41, 5.74) is 8.03. The average Bonchev–Trinajstić information content (AvgIpc) is 2.57. The van der Waals surface area contributed by atoms with Crippen LogP contribution in [0.15, 0.2) is 42.5 Å². The van der Waals surface area contributed by atoms with Crippen molar-refractivity contribution in [3.8, 4) is 11.5 Å². The number of Topliss-reactive ketones (excluding diaryl/α,β-unsaturated/α-hetero) is 1. The molecule has 2 aromatic rings. The molecule has 0 amide bonds. The highest BCUT2D eigenvalue weighted by molar-refractivity contribution is 5.98. The molecule has 2 aromatic carbocycles. The zero-order valence-electron chi connectivity index (χ0n) is 13.5. The van der Waals surface area contributed by atoms with Gasteiger partial charge in [0.05, 0.1) is 25.9 Å². The molecule has 0 spiro atoms. The second kappa shape index (κ2) is 8.19. The molecule has 3 N–H and O–H groups in total. The normalized spacial score (nSPS) is 10.3. The van der Waals surface area contributed by atoms with Gasteiger partial charge in [0.2, 0.25) is 0 Å². The topological polar surface area (TPSA) is 73.6 Å². The molecular weight excluding hydrogens is 292 g/mol. The van der Waals surface area contributed by atoms with Crippen LogP contribution < -0.4 is 20.5 Å². The molecule has 2 rings (SSSR count). The minimum absolute atomic E-state index is 0.00624. The number of benzene rings is 2. The molecule has 0 fully saturated rings. The van der Waals surface area contributed by atoms with Crippen molar-refractivity contribution < 1.29 is 14.3 Å². The lowest BCUT2D eigenvalue weighted by Gasteiger charge is -2.09. The lowest BCUT2D eigenvalue weighted by Crippen LogP contribution is -2.22. The minimum Gasteiger partial charge on any atom is -0.497 e. The van der Waals surface area contributed by atoms with Crippen molar-refractivity contribution in [2.45, 2.75) is 13.5 Å². The Hall–Kier alpha value is -2.53. The van der Waals surface area contributed by atoms with E-state index in [-0.39, 0.29) is 12.3 Å². The summed E-state index contributed by atoms with van der Waals surface area (Å²) in [7, 11) is 1.63. The predicted octanol–water partition coefficient (Wildman–Crippen LogP) is 2.65. The fourth-order valence-corrected chi connectivity index (χ4v) is 2.17. The van der Waals surface area contributed by atoms with Crippen molar-refractivity contribution in [2.75, 3.05) is 26.0 Å². The number of ketones is 1. The van der Waals surface area contributed by atoms with Crippen LogP contribution in [0.3, 0.4) is 0 Å². The van der Waals surface area contributed by atoms with Gasteiger partial charge in [-0.1, -0.05) is 12.1 Å². The van der Waals surface area contributed by atoms with E-state index in [1.165, 1.54) is 0 Å². The number of ether oxygens (including phenoxy) is 2. The fourth-order valence-electron chi connectivity index (χ4n) is 2.17. The van der Waals surface area contributed by atoms with Crippen molar-refractivity contribution in [1.29, 1.82) is 0 Å². The number of nitrogens with one attached hydrogen (secondary N) is 1. The average molecular weight is 314 g/mol. The summed E-state index contributed by atoms with van der Waals surface area (Å²) in [6, 6.07) is 12.8. The van der Waals surface area contributed by atoms with Gasteiger partial charge >= 0.3 is 0 Å². The Balaban J connectivity index is 1.87. The summed E-state index contributed by atoms with van der Waals surface area (Å²) in [6.45, 7) is 3.30. The lowest BCUT2D eigenvalue weighted by atomic mass is 10.1. The number of rotatable bonds is 8. The fraction of sp³-hybridized carbons (Fsp3) is 0.278. The van der Waals surface area contributed by atoms with Crippen LogP contribution in [0.25, 0.3) is 0 Å². The number of nitrogen functional groups attached to an aromatic ring is 1. The van der Waals surface area contributed by atoms with Gasteiger partial charge in [0, 0.05) is 12.1 Å². The maximum atomic E-state index is 12.2. The van der Waals surface area contributed by atoms with Crippen LogP contribution in [0.2, 0.25) is 0 Å². The number of carbonyl (C=O) groups excluding carboxylic acids is 1. The summed E-state index contributed by atoms with van der Waals surface area (Å²) in [6.07, 6.45) is 0. The van der Waals surface area contributed by atoms with Gasteiger partial charge in [0.1, 0.15) is 11.5 Å². The van der Waals surface area contributed by atoms with E-state index in [9.17, 15) is 4.79 Å². The largest absolute Gasteiger partial charge is 0.497 e. The van der Waals surface area contributed by atoms with Gasteiger partial charge < -0.3 is 20.5 Å². The molecule has 0 unspecified atom stereocenters. The number of hydrogen-bond donors (Lipinski definition) is 2. The second-order valence-corrected chi connectivity index (χ2v) is 5.06. The van der Waals surface area contributed by atoms with Crippen LogP contribution in [0.5, 0.6) is 11.5 Å². The summed E-state index contributed by atoms with van der Waals surface area (Å²) in [5, 5.41) is 3.13. The molecular formula is C18H22N2O3. The van der Waals surface area contributed by atoms with E-state index in [0.29, 0.717) is 30.2 Å². The van der Waals surface area contributed by atoms with Gasteiger partial charge in [-0.25, -0.2) is 0 Å². The van der Waals surface area contributed by atoms with Crippen LogP contribution in [0.4, 0.5) is 5.69 Å². The third-order valence-corrected chi connectivity index (χ3v) is 3.41. The second-order valence-electron chi connectivity index (χ2n) is 5.06. The molecule has 0 aliphatic heterocycles. The summed E-state index contributed by atoms with van der Waals surface area (Å²) < 4.78 is 10.5. The SMILES string of the molecule is CCOc1ccc(C(=O)CNCc2ccc(OC)cc2)cc1N. The Kier molecular flexibility index (Phi) is 6.00. The number of carbonyl (C=O) groups is 1. The Morgan fingerprint density at radius 3 is 2.52 bits per heavy atom. The van der Waals surface area contributed by atoms with Crippen LogP contribution in [0, 0.1) is 0 Å². The molecule has 23 heavy (non-hydrogen) atoms. The zero-order chi connectivity index (χ0) is 16.7. The highest BCUT2D eigenvalue weighted by atomic mass is 16.5. The molecule has 5 heteroatoms. The molecule has 0 saturated heterocycles. The first-order chi connectivity index (χ1) is 11.1. The molecule has 0 atom stereocenters. The predicted molar refractivity (Wildman–Crippen MR) is 91.1 cm³/mol. The Morgan fingerprint density at radius 1 is 1.17 bits per heavy atom. The standard InChI is InChI=1S/C18H22N2O3/c1-3-23-18-9-6-14(10-16(18)19)17(21)12-20-11-13-4-7-15(22-2)8-5-13/h4-10,20H,3,11-12,19H2,1-2H3. The Morgan fingerprint density at radius 2 is 1.91 bits per heavy atom. The van der Waals surface area contributed by atoms with Gasteiger partial charge in [0.15, 0.2) is 5.78 Å². The maximum Gasteiger partial charge on any atom is 0.176 e. The van der Waals surface area contributed by atoms with Crippen molar-refractivity contribution in [2.24, 2.45) is 0 Å². The molecule has 0 heterocycles. The van der Waals surface area contributed by atoms with Crippen molar-refractivity contribution in [1.82, 2.24) is 5.32 Å². The number of nitrogens with two attached hydrogens (primary N) is 1. The van der Waals surface area contributed by atoms with E-state index < -0.39 is 0 Å². The van der Waals surface area contributed by atoms with Gasteiger partial charge in [0.25, 0.3) is 0 Å². The zero-order valence-corrected chi connectivity index (χ0v) is 13.5. The van der Waals surface area contributed by atoms with Gasteiger partial charge in [-0.15, -0.1) is 0 Å². The van der Waals surface area contributed by atoms with E-state index in [0.717, 1.165) is 11.3 Å². The summed E-state index contributed by atoms with van der Waals surface area (Å²) in [5.74, 6) is 1.41. The molecule has 5 nitrogen and oxygen atoms in total. The van der Waals surface area contributed by atoms with Crippen LogP contribution in [-0.2, 0) is 6.54 Å². The quantitative estimate of drug-likeness (QED) is 0.579. The van der Waals surface area contributed by atoms with E-state index in [4.69, 9.17) is 15.2 Å². The Bertz CT molecular complexity index is 654. The minimum atomic E-state index is -0.00624. The van der Waals surface area contributed by atoms with Crippen LogP contribution in [-0.4, -0.2) is 26.0 Å². The highest BCUT2D eigenvalue weighted by Crippen LogP contribution is 2.22. The molecule has 0 bridgehead atoms.